The first-order valence-electron chi connectivity index (χ1n) is 5.82. The summed E-state index contributed by atoms with van der Waals surface area (Å²) in [4.78, 5) is 10.5. The molecular weight excluding hydrogens is 254 g/mol. The van der Waals surface area contributed by atoms with Gasteiger partial charge in [0, 0.05) is 18.7 Å². The summed E-state index contributed by atoms with van der Waals surface area (Å²) in [5.41, 5.74) is 2.92. The number of aliphatic hydroxyl groups excluding tert-OH is 1. The molecule has 1 aromatic carbocycles. The van der Waals surface area contributed by atoms with E-state index in [4.69, 9.17) is 16.7 Å². The molecule has 0 radical (unpaired) electrons. The minimum absolute atomic E-state index is 0.118. The van der Waals surface area contributed by atoms with Gasteiger partial charge in [0.15, 0.2) is 0 Å². The van der Waals surface area contributed by atoms with Crippen molar-refractivity contribution >= 4 is 23.3 Å². The number of rotatable bonds is 7. The van der Waals surface area contributed by atoms with Crippen molar-refractivity contribution in [3.63, 3.8) is 0 Å². The van der Waals surface area contributed by atoms with E-state index in [0.717, 1.165) is 16.8 Å². The molecule has 1 aromatic rings. The molecule has 0 aliphatic rings. The largest absolute Gasteiger partial charge is 0.481 e. The third kappa shape index (κ3) is 4.94. The Bertz CT molecular complexity index is 409. The topological polar surface area (TPSA) is 69.6 Å². The highest BCUT2D eigenvalue weighted by Gasteiger charge is 2.05. The van der Waals surface area contributed by atoms with Crippen LogP contribution in [0.2, 0.25) is 0 Å². The average molecular weight is 272 g/mol. The summed E-state index contributed by atoms with van der Waals surface area (Å²) in [7, 11) is 0. The standard InChI is InChI=1S/C13H18ClNO3/c1-9-2-3-10(4-5-13(17)18)6-12(9)15-8-11(16)7-14/h2-3,6,11,15-16H,4-5,7-8H2,1H3,(H,17,18). The number of hydrogen-bond acceptors (Lipinski definition) is 3. The molecule has 0 aliphatic carbocycles. The Hall–Kier alpha value is -1.26. The number of aryl methyl sites for hydroxylation is 2. The molecule has 1 atom stereocenters. The number of benzene rings is 1. The number of carboxylic acid groups (broad SMARTS) is 1. The summed E-state index contributed by atoms with van der Waals surface area (Å²) in [5, 5.41) is 21.1. The van der Waals surface area contributed by atoms with Crippen LogP contribution < -0.4 is 5.32 Å². The fraction of sp³-hybridized carbons (Fsp3) is 0.462. The first kappa shape index (κ1) is 14.8. The van der Waals surface area contributed by atoms with E-state index in [0.29, 0.717) is 13.0 Å². The summed E-state index contributed by atoms with van der Waals surface area (Å²) in [6.07, 6.45) is 0.0311. The first-order valence-corrected chi connectivity index (χ1v) is 6.35. The minimum atomic E-state index is -0.803. The smallest absolute Gasteiger partial charge is 0.303 e. The Morgan fingerprint density at radius 3 is 2.83 bits per heavy atom. The summed E-state index contributed by atoms with van der Waals surface area (Å²) in [5.74, 6) is -0.618. The number of carbonyl (C=O) groups is 1. The Labute approximate surface area is 112 Å². The van der Waals surface area contributed by atoms with Crippen molar-refractivity contribution in [2.75, 3.05) is 17.7 Å². The van der Waals surface area contributed by atoms with E-state index in [-0.39, 0.29) is 12.3 Å². The highest BCUT2D eigenvalue weighted by atomic mass is 35.5. The summed E-state index contributed by atoms with van der Waals surface area (Å²) >= 11 is 5.52. The van der Waals surface area contributed by atoms with Crippen LogP contribution in [0.3, 0.4) is 0 Å². The molecule has 3 N–H and O–H groups in total. The van der Waals surface area contributed by atoms with Gasteiger partial charge in [0.25, 0.3) is 0 Å². The Morgan fingerprint density at radius 2 is 2.22 bits per heavy atom. The Kier molecular flexibility index (Phi) is 5.95. The van der Waals surface area contributed by atoms with E-state index in [2.05, 4.69) is 5.32 Å². The van der Waals surface area contributed by atoms with Gasteiger partial charge in [-0.3, -0.25) is 4.79 Å². The lowest BCUT2D eigenvalue weighted by Crippen LogP contribution is -2.21. The SMILES string of the molecule is Cc1ccc(CCC(=O)O)cc1NCC(O)CCl. The second-order valence-electron chi connectivity index (χ2n) is 4.23. The maximum atomic E-state index is 10.5. The summed E-state index contributed by atoms with van der Waals surface area (Å²) < 4.78 is 0. The molecule has 0 saturated carbocycles. The first-order chi connectivity index (χ1) is 8.52. The number of anilines is 1. The van der Waals surface area contributed by atoms with Gasteiger partial charge in [0.2, 0.25) is 0 Å². The van der Waals surface area contributed by atoms with Crippen LogP contribution in [0.25, 0.3) is 0 Å². The fourth-order valence-corrected chi connectivity index (χ4v) is 1.66. The molecule has 0 saturated heterocycles. The lowest BCUT2D eigenvalue weighted by Gasteiger charge is -2.13. The zero-order chi connectivity index (χ0) is 13.5. The molecular formula is C13H18ClNO3. The second kappa shape index (κ2) is 7.24. The maximum Gasteiger partial charge on any atom is 0.303 e. The van der Waals surface area contributed by atoms with Gasteiger partial charge in [0.05, 0.1) is 12.0 Å². The lowest BCUT2D eigenvalue weighted by atomic mass is 10.1. The minimum Gasteiger partial charge on any atom is -0.481 e. The number of nitrogens with one attached hydrogen (secondary N) is 1. The number of halogens is 1. The molecule has 4 nitrogen and oxygen atoms in total. The molecule has 0 aromatic heterocycles. The van der Waals surface area contributed by atoms with Gasteiger partial charge in [-0.2, -0.15) is 0 Å². The van der Waals surface area contributed by atoms with Crippen LogP contribution >= 0.6 is 11.6 Å². The van der Waals surface area contributed by atoms with E-state index in [1.165, 1.54) is 0 Å². The number of carboxylic acids is 1. The van der Waals surface area contributed by atoms with Crippen molar-refractivity contribution in [2.24, 2.45) is 0 Å². The quantitative estimate of drug-likeness (QED) is 0.664. The molecule has 1 rings (SSSR count). The van der Waals surface area contributed by atoms with E-state index >= 15 is 0 Å². The molecule has 18 heavy (non-hydrogen) atoms. The van der Waals surface area contributed by atoms with Crippen molar-refractivity contribution < 1.29 is 15.0 Å². The number of hydrogen-bond donors (Lipinski definition) is 3. The number of aliphatic hydroxyl groups is 1. The molecule has 0 aliphatic heterocycles. The van der Waals surface area contributed by atoms with Gasteiger partial charge < -0.3 is 15.5 Å². The van der Waals surface area contributed by atoms with Crippen LogP contribution in [-0.2, 0) is 11.2 Å². The van der Waals surface area contributed by atoms with Gasteiger partial charge in [0.1, 0.15) is 0 Å². The zero-order valence-corrected chi connectivity index (χ0v) is 11.1. The molecule has 0 bridgehead atoms. The number of alkyl halides is 1. The maximum absolute atomic E-state index is 10.5. The molecule has 5 heteroatoms. The lowest BCUT2D eigenvalue weighted by molar-refractivity contribution is -0.136. The van der Waals surface area contributed by atoms with Gasteiger partial charge in [-0.1, -0.05) is 12.1 Å². The van der Waals surface area contributed by atoms with E-state index in [1.807, 2.05) is 25.1 Å². The fourth-order valence-electron chi connectivity index (χ4n) is 1.55. The monoisotopic (exact) mass is 271 g/mol. The van der Waals surface area contributed by atoms with Crippen LogP contribution in [0.15, 0.2) is 18.2 Å². The Balaban J connectivity index is 2.65. The second-order valence-corrected chi connectivity index (χ2v) is 4.54. The van der Waals surface area contributed by atoms with Gasteiger partial charge in [-0.15, -0.1) is 11.6 Å². The molecule has 0 heterocycles. The van der Waals surface area contributed by atoms with Gasteiger partial charge in [-0.25, -0.2) is 0 Å². The molecule has 0 spiro atoms. The number of aliphatic carboxylic acids is 1. The van der Waals surface area contributed by atoms with E-state index < -0.39 is 12.1 Å². The van der Waals surface area contributed by atoms with Crippen molar-refractivity contribution in [1.29, 1.82) is 0 Å². The summed E-state index contributed by atoms with van der Waals surface area (Å²) in [6.45, 7) is 2.34. The molecule has 100 valence electrons. The highest BCUT2D eigenvalue weighted by molar-refractivity contribution is 6.18. The van der Waals surface area contributed by atoms with Crippen LogP contribution in [0, 0.1) is 6.92 Å². The highest BCUT2D eigenvalue weighted by Crippen LogP contribution is 2.18. The van der Waals surface area contributed by atoms with Gasteiger partial charge in [-0.05, 0) is 30.5 Å². The average Bonchev–Trinajstić information content (AvgIpc) is 2.35. The third-order valence-electron chi connectivity index (χ3n) is 2.64. The molecule has 0 fully saturated rings. The van der Waals surface area contributed by atoms with Crippen LogP contribution in [0.4, 0.5) is 5.69 Å². The zero-order valence-electron chi connectivity index (χ0n) is 10.3. The van der Waals surface area contributed by atoms with E-state index in [9.17, 15) is 9.90 Å². The van der Waals surface area contributed by atoms with Crippen LogP contribution in [-0.4, -0.2) is 34.7 Å². The molecule has 1 unspecified atom stereocenters. The van der Waals surface area contributed by atoms with Crippen molar-refractivity contribution in [1.82, 2.24) is 0 Å². The predicted octanol–water partition coefficient (Wildman–Crippen LogP) is 2.02. The van der Waals surface area contributed by atoms with Crippen molar-refractivity contribution in [3.05, 3.63) is 29.3 Å². The normalized spacial score (nSPS) is 12.2. The third-order valence-corrected chi connectivity index (χ3v) is 2.99. The Morgan fingerprint density at radius 1 is 1.50 bits per heavy atom. The van der Waals surface area contributed by atoms with Crippen molar-refractivity contribution in [3.8, 4) is 0 Å². The van der Waals surface area contributed by atoms with Gasteiger partial charge >= 0.3 is 5.97 Å². The van der Waals surface area contributed by atoms with Crippen LogP contribution in [0.5, 0.6) is 0 Å². The van der Waals surface area contributed by atoms with E-state index in [1.54, 1.807) is 0 Å². The summed E-state index contributed by atoms with van der Waals surface area (Å²) in [6, 6.07) is 5.77. The van der Waals surface area contributed by atoms with Crippen LogP contribution in [0.1, 0.15) is 17.5 Å². The predicted molar refractivity (Wildman–Crippen MR) is 72.4 cm³/mol. The van der Waals surface area contributed by atoms with Crippen molar-refractivity contribution in [2.45, 2.75) is 25.9 Å². The molecule has 0 amide bonds.